The average molecular weight is 415 g/mol. The molecule has 0 spiro atoms. The van der Waals surface area contributed by atoms with E-state index in [0.29, 0.717) is 5.75 Å². The number of primary amides is 2. The zero-order chi connectivity index (χ0) is 21.2. The van der Waals surface area contributed by atoms with Gasteiger partial charge in [-0.1, -0.05) is 6.07 Å². The van der Waals surface area contributed by atoms with Crippen LogP contribution >= 0.6 is 0 Å². The molecule has 10 nitrogen and oxygen atoms in total. The maximum Gasteiger partial charge on any atom is 0.265 e. The van der Waals surface area contributed by atoms with Crippen molar-refractivity contribution in [3.8, 4) is 11.6 Å². The highest BCUT2D eigenvalue weighted by Crippen LogP contribution is 2.23. The fourth-order valence-electron chi connectivity index (χ4n) is 2.47. The fourth-order valence-corrected chi connectivity index (χ4v) is 3.59. The second kappa shape index (κ2) is 7.64. The normalized spacial score (nSPS) is 11.1. The number of sulfonamides is 1. The highest BCUT2D eigenvalue weighted by molar-refractivity contribution is 7.92. The van der Waals surface area contributed by atoms with E-state index in [-0.39, 0.29) is 27.7 Å². The molecule has 0 fully saturated rings. The Morgan fingerprint density at radius 2 is 1.86 bits per heavy atom. The lowest BCUT2D eigenvalue weighted by molar-refractivity contribution is 0.0987. The van der Waals surface area contributed by atoms with E-state index in [4.69, 9.17) is 16.2 Å². The van der Waals surface area contributed by atoms with Crippen LogP contribution in [0.25, 0.3) is 0 Å². The van der Waals surface area contributed by atoms with Crippen LogP contribution in [0.15, 0.2) is 59.8 Å². The molecule has 11 heteroatoms. The molecule has 0 atom stereocenters. The average Bonchev–Trinajstić information content (AvgIpc) is 3.06. The van der Waals surface area contributed by atoms with Gasteiger partial charge < -0.3 is 20.8 Å². The largest absolute Gasteiger partial charge is 0.439 e. The van der Waals surface area contributed by atoms with Crippen LogP contribution in [0, 0.1) is 0 Å². The molecule has 2 aromatic heterocycles. The number of nitrogens with two attached hydrogens (primary N) is 2. The van der Waals surface area contributed by atoms with E-state index in [1.54, 1.807) is 18.2 Å². The summed E-state index contributed by atoms with van der Waals surface area (Å²) in [6.07, 6.45) is 2.54. The molecule has 2 heterocycles. The van der Waals surface area contributed by atoms with Gasteiger partial charge in [0.2, 0.25) is 11.8 Å². The maximum atomic E-state index is 12.5. The number of aryl methyl sites for hydroxylation is 1. The summed E-state index contributed by atoms with van der Waals surface area (Å²) in [6, 6.07) is 10.3. The summed E-state index contributed by atoms with van der Waals surface area (Å²) in [5, 5.41) is 0. The first kappa shape index (κ1) is 19.9. The molecule has 3 rings (SSSR count). The summed E-state index contributed by atoms with van der Waals surface area (Å²) in [4.78, 5) is 26.4. The first-order chi connectivity index (χ1) is 13.7. The van der Waals surface area contributed by atoms with Crippen LogP contribution in [0.1, 0.15) is 20.8 Å². The van der Waals surface area contributed by atoms with E-state index < -0.39 is 21.8 Å². The van der Waals surface area contributed by atoms with Crippen LogP contribution in [0.3, 0.4) is 0 Å². The summed E-state index contributed by atoms with van der Waals surface area (Å²) in [7, 11) is -2.43. The Hall–Kier alpha value is -3.86. The number of nitrogens with zero attached hydrogens (tertiary/aromatic N) is 2. The molecular formula is C18H17N5O5S. The van der Waals surface area contributed by atoms with Crippen molar-refractivity contribution in [2.24, 2.45) is 18.5 Å². The smallest absolute Gasteiger partial charge is 0.265 e. The number of amides is 2. The van der Waals surface area contributed by atoms with Crippen molar-refractivity contribution in [3.63, 3.8) is 0 Å². The second-order valence-corrected chi connectivity index (χ2v) is 7.70. The van der Waals surface area contributed by atoms with Gasteiger partial charge in [0.1, 0.15) is 16.3 Å². The minimum absolute atomic E-state index is 0.0606. The van der Waals surface area contributed by atoms with Gasteiger partial charge in [0.15, 0.2) is 0 Å². The van der Waals surface area contributed by atoms with Gasteiger partial charge in [0, 0.05) is 24.9 Å². The SMILES string of the molecule is Cn1cc(S(=O)(=O)Nc2ccc(Oc3cccc(C(N)=O)c3)nc2)cc1C(N)=O. The molecule has 0 radical (unpaired) electrons. The number of aromatic nitrogens is 2. The fraction of sp³-hybridized carbons (Fsp3) is 0.0556. The molecule has 5 N–H and O–H groups in total. The minimum Gasteiger partial charge on any atom is -0.439 e. The number of anilines is 1. The standard InChI is InChI=1S/C18H17N5O5S/c1-23-10-14(8-15(23)18(20)25)29(26,27)22-12-5-6-16(21-9-12)28-13-4-2-3-11(7-13)17(19)24/h2-10,22H,1H3,(H2,19,24)(H2,20,25). The van der Waals surface area contributed by atoms with E-state index in [1.807, 2.05) is 0 Å². The summed E-state index contributed by atoms with van der Waals surface area (Å²) in [6.45, 7) is 0. The Morgan fingerprint density at radius 1 is 1.10 bits per heavy atom. The van der Waals surface area contributed by atoms with Crippen molar-refractivity contribution in [2.75, 3.05) is 4.72 Å². The zero-order valence-electron chi connectivity index (χ0n) is 15.2. The van der Waals surface area contributed by atoms with Gasteiger partial charge in [-0.05, 0) is 30.3 Å². The van der Waals surface area contributed by atoms with Gasteiger partial charge >= 0.3 is 0 Å². The molecule has 1 aromatic carbocycles. The van der Waals surface area contributed by atoms with Gasteiger partial charge in [0.05, 0.1) is 11.9 Å². The number of carbonyl (C=O) groups excluding carboxylic acids is 2. The topological polar surface area (TPSA) is 159 Å². The highest BCUT2D eigenvalue weighted by atomic mass is 32.2. The minimum atomic E-state index is -3.95. The molecule has 0 aliphatic rings. The number of pyridine rings is 1. The number of hydrogen-bond acceptors (Lipinski definition) is 6. The predicted molar refractivity (Wildman–Crippen MR) is 104 cm³/mol. The Morgan fingerprint density at radius 3 is 2.45 bits per heavy atom. The van der Waals surface area contributed by atoms with E-state index in [1.165, 1.54) is 48.3 Å². The monoisotopic (exact) mass is 415 g/mol. The quantitative estimate of drug-likeness (QED) is 0.526. The summed E-state index contributed by atoms with van der Waals surface area (Å²) in [5.74, 6) is -0.790. The van der Waals surface area contributed by atoms with Crippen molar-refractivity contribution in [1.82, 2.24) is 9.55 Å². The molecule has 0 saturated heterocycles. The first-order valence-electron chi connectivity index (χ1n) is 8.18. The van der Waals surface area contributed by atoms with E-state index in [0.717, 1.165) is 0 Å². The van der Waals surface area contributed by atoms with Gasteiger partial charge in [-0.2, -0.15) is 0 Å². The summed E-state index contributed by atoms with van der Waals surface area (Å²) < 4.78 is 34.2. The highest BCUT2D eigenvalue weighted by Gasteiger charge is 2.20. The second-order valence-electron chi connectivity index (χ2n) is 6.02. The lowest BCUT2D eigenvalue weighted by atomic mass is 10.2. The Balaban J connectivity index is 1.75. The molecule has 0 unspecified atom stereocenters. The third kappa shape index (κ3) is 4.52. The molecule has 0 aliphatic heterocycles. The van der Waals surface area contributed by atoms with Crippen molar-refractivity contribution in [3.05, 3.63) is 66.1 Å². The molecule has 3 aromatic rings. The maximum absolute atomic E-state index is 12.5. The van der Waals surface area contributed by atoms with Gasteiger partial charge in [-0.25, -0.2) is 13.4 Å². The summed E-state index contributed by atoms with van der Waals surface area (Å²) >= 11 is 0. The molecular weight excluding hydrogens is 398 g/mol. The molecule has 0 aliphatic carbocycles. The Bertz CT molecular complexity index is 1190. The van der Waals surface area contributed by atoms with Crippen LogP contribution < -0.4 is 20.9 Å². The van der Waals surface area contributed by atoms with Crippen LogP contribution in [0.2, 0.25) is 0 Å². The molecule has 0 bridgehead atoms. The summed E-state index contributed by atoms with van der Waals surface area (Å²) in [5.41, 5.74) is 11.0. The number of nitrogens with one attached hydrogen (secondary N) is 1. The first-order valence-corrected chi connectivity index (χ1v) is 9.67. The number of hydrogen-bond donors (Lipinski definition) is 3. The third-order valence-electron chi connectivity index (χ3n) is 3.87. The predicted octanol–water partition coefficient (Wildman–Crippen LogP) is 1.21. The molecule has 2 amide bonds. The lowest BCUT2D eigenvalue weighted by Crippen LogP contribution is -2.14. The van der Waals surface area contributed by atoms with Crippen LogP contribution in [0.4, 0.5) is 5.69 Å². The van der Waals surface area contributed by atoms with Crippen LogP contribution in [-0.4, -0.2) is 29.8 Å². The number of rotatable bonds is 7. The van der Waals surface area contributed by atoms with Crippen LogP contribution in [-0.2, 0) is 17.1 Å². The van der Waals surface area contributed by atoms with Gasteiger partial charge in [0.25, 0.3) is 15.9 Å². The van der Waals surface area contributed by atoms with E-state index in [9.17, 15) is 18.0 Å². The molecule has 150 valence electrons. The van der Waals surface area contributed by atoms with Gasteiger partial charge in [-0.3, -0.25) is 14.3 Å². The third-order valence-corrected chi connectivity index (χ3v) is 5.22. The van der Waals surface area contributed by atoms with Crippen LogP contribution in [0.5, 0.6) is 11.6 Å². The zero-order valence-corrected chi connectivity index (χ0v) is 16.0. The van der Waals surface area contributed by atoms with Crippen molar-refractivity contribution in [1.29, 1.82) is 0 Å². The number of benzene rings is 1. The van der Waals surface area contributed by atoms with Gasteiger partial charge in [-0.15, -0.1) is 0 Å². The Kier molecular flexibility index (Phi) is 5.24. The van der Waals surface area contributed by atoms with Crippen molar-refractivity contribution < 1.29 is 22.7 Å². The molecule has 0 saturated carbocycles. The molecule has 29 heavy (non-hydrogen) atoms. The van der Waals surface area contributed by atoms with Crippen molar-refractivity contribution in [2.45, 2.75) is 4.90 Å². The van der Waals surface area contributed by atoms with E-state index in [2.05, 4.69) is 9.71 Å². The van der Waals surface area contributed by atoms with E-state index >= 15 is 0 Å². The van der Waals surface area contributed by atoms with Crippen molar-refractivity contribution >= 4 is 27.5 Å². The number of ether oxygens (including phenoxy) is 1. The number of carbonyl (C=O) groups is 2. The Labute approximate surface area is 166 Å². The lowest BCUT2D eigenvalue weighted by Gasteiger charge is -2.08.